The number of hydrogen-bond donors (Lipinski definition) is 1. The number of likely N-dealkylation sites (N-methyl/N-ethyl adjacent to an activating group) is 1. The number of aromatic nitrogens is 2. The number of fused-ring (bicyclic) bond motifs is 1. The Balaban J connectivity index is 1.71. The lowest BCUT2D eigenvalue weighted by Crippen LogP contribution is -2.35. The Morgan fingerprint density at radius 1 is 1.31 bits per heavy atom. The van der Waals surface area contributed by atoms with Gasteiger partial charge in [-0.3, -0.25) is 4.79 Å². The number of nitrogens with two attached hydrogens (primary N) is 1. The van der Waals surface area contributed by atoms with Crippen LogP contribution in [0.15, 0.2) is 29.1 Å². The van der Waals surface area contributed by atoms with Gasteiger partial charge in [-0.2, -0.15) is 4.98 Å². The number of esters is 1. The quantitative estimate of drug-likeness (QED) is 0.710. The topological polar surface area (TPSA) is 99.7 Å². The van der Waals surface area contributed by atoms with Crippen molar-refractivity contribution < 1.29 is 14.4 Å². The molecule has 0 radical (unpaired) electrons. The number of ether oxygens (including phenoxy) is 1. The average molecular weight is 400 g/mol. The summed E-state index contributed by atoms with van der Waals surface area (Å²) in [6.07, 6.45) is 2.43. The van der Waals surface area contributed by atoms with E-state index in [1.165, 1.54) is 7.11 Å². The van der Waals surface area contributed by atoms with Crippen molar-refractivity contribution in [2.45, 2.75) is 45.1 Å². The molecule has 1 aromatic carbocycles. The van der Waals surface area contributed by atoms with Crippen LogP contribution in [0.4, 0.5) is 11.8 Å². The smallest absolute Gasteiger partial charge is 0.337 e. The van der Waals surface area contributed by atoms with Crippen LogP contribution in [-0.2, 0) is 11.2 Å². The van der Waals surface area contributed by atoms with Crippen molar-refractivity contribution in [2.75, 3.05) is 31.3 Å². The molecule has 0 aliphatic carbocycles. The van der Waals surface area contributed by atoms with Crippen LogP contribution in [0.25, 0.3) is 0 Å². The van der Waals surface area contributed by atoms with Gasteiger partial charge in [0.25, 0.3) is 5.56 Å². The first-order valence-corrected chi connectivity index (χ1v) is 9.79. The van der Waals surface area contributed by atoms with Crippen molar-refractivity contribution >= 4 is 17.7 Å². The number of carbonyl (C=O) groups excluding carboxylic acids is 1. The number of anilines is 2. The molecule has 1 aliphatic rings. The fraction of sp³-hybridized carbons (Fsp3) is 0.476. The second-order valence-corrected chi connectivity index (χ2v) is 7.62. The summed E-state index contributed by atoms with van der Waals surface area (Å²) in [5, 5.41) is 0. The Morgan fingerprint density at radius 3 is 2.62 bits per heavy atom. The summed E-state index contributed by atoms with van der Waals surface area (Å²) in [6.45, 7) is 4.41. The Kier molecular flexibility index (Phi) is 6.10. The van der Waals surface area contributed by atoms with E-state index in [-0.39, 0.29) is 29.5 Å². The Morgan fingerprint density at radius 2 is 2.00 bits per heavy atom. The van der Waals surface area contributed by atoms with Gasteiger partial charge in [-0.1, -0.05) is 12.1 Å². The molecule has 0 bridgehead atoms. The lowest BCUT2D eigenvalue weighted by Gasteiger charge is -2.16. The maximum absolute atomic E-state index is 13.0. The minimum atomic E-state index is -0.339. The van der Waals surface area contributed by atoms with Crippen LogP contribution in [-0.4, -0.2) is 42.5 Å². The number of benzene rings is 1. The number of aryl methyl sites for hydroxylation is 1. The molecule has 156 valence electrons. The van der Waals surface area contributed by atoms with Crippen molar-refractivity contribution in [1.29, 1.82) is 0 Å². The predicted molar refractivity (Wildman–Crippen MR) is 111 cm³/mol. The van der Waals surface area contributed by atoms with Crippen LogP contribution in [0.2, 0.25) is 0 Å². The van der Waals surface area contributed by atoms with E-state index in [0.29, 0.717) is 16.9 Å². The maximum atomic E-state index is 13.0. The predicted octanol–water partition coefficient (Wildman–Crippen LogP) is 2.01. The molecule has 0 fully saturated rings. The van der Waals surface area contributed by atoms with E-state index in [1.807, 2.05) is 37.9 Å². The van der Waals surface area contributed by atoms with Crippen LogP contribution in [0.5, 0.6) is 0 Å². The summed E-state index contributed by atoms with van der Waals surface area (Å²) >= 11 is 0. The molecule has 2 aromatic rings. The van der Waals surface area contributed by atoms with Gasteiger partial charge in [0, 0.05) is 19.5 Å². The number of nitrogen functional groups attached to an aromatic ring is 1. The average Bonchev–Trinajstić information content (AvgIpc) is 3.00. The van der Waals surface area contributed by atoms with Crippen LogP contribution < -0.4 is 21.0 Å². The fourth-order valence-electron chi connectivity index (χ4n) is 3.71. The third-order valence-electron chi connectivity index (χ3n) is 5.06. The van der Waals surface area contributed by atoms with E-state index in [4.69, 9.17) is 15.3 Å². The number of rotatable bonds is 7. The summed E-state index contributed by atoms with van der Waals surface area (Å²) < 4.78 is 5.83. The molecule has 3 rings (SSSR count). The maximum Gasteiger partial charge on any atom is 0.337 e. The highest BCUT2D eigenvalue weighted by molar-refractivity contribution is 5.89. The minimum absolute atomic E-state index is 0.0700. The third kappa shape index (κ3) is 4.36. The first kappa shape index (κ1) is 20.7. The fourth-order valence-corrected chi connectivity index (χ4v) is 3.71. The molecular weight excluding hydrogens is 372 g/mol. The summed E-state index contributed by atoms with van der Waals surface area (Å²) in [7, 11) is 3.29. The number of carbonyl (C=O) groups is 1. The minimum Gasteiger partial charge on any atom is -0.465 e. The lowest BCUT2D eigenvalue weighted by atomic mass is 9.95. The van der Waals surface area contributed by atoms with Crippen LogP contribution in [0, 0.1) is 0 Å². The third-order valence-corrected chi connectivity index (χ3v) is 5.06. The first-order valence-electron chi connectivity index (χ1n) is 9.79. The van der Waals surface area contributed by atoms with E-state index in [0.717, 1.165) is 36.1 Å². The van der Waals surface area contributed by atoms with Gasteiger partial charge in [-0.15, -0.1) is 4.73 Å². The molecule has 0 saturated carbocycles. The van der Waals surface area contributed by atoms with Gasteiger partial charge in [-0.05, 0) is 50.8 Å². The summed E-state index contributed by atoms with van der Waals surface area (Å²) in [6, 6.07) is 7.42. The van der Waals surface area contributed by atoms with Crippen LogP contribution in [0.3, 0.4) is 0 Å². The highest BCUT2D eigenvalue weighted by Crippen LogP contribution is 2.34. The van der Waals surface area contributed by atoms with Crippen molar-refractivity contribution in [2.24, 2.45) is 0 Å². The Bertz CT molecular complexity index is 937. The monoisotopic (exact) mass is 400 g/mol. The molecule has 0 amide bonds. The van der Waals surface area contributed by atoms with Crippen LogP contribution in [0.1, 0.15) is 54.1 Å². The van der Waals surface area contributed by atoms with E-state index in [2.05, 4.69) is 4.98 Å². The summed E-state index contributed by atoms with van der Waals surface area (Å²) in [5.41, 5.74) is 8.06. The van der Waals surface area contributed by atoms with Gasteiger partial charge in [0.2, 0.25) is 5.95 Å². The summed E-state index contributed by atoms with van der Waals surface area (Å²) in [4.78, 5) is 36.4. The lowest BCUT2D eigenvalue weighted by molar-refractivity contribution is 0.0549. The first-order chi connectivity index (χ1) is 13.8. The molecule has 29 heavy (non-hydrogen) atoms. The molecular formula is C21H28N4O4. The molecule has 0 spiro atoms. The SMILES string of the molecule is COC(=O)c1ccc(CCCC2CN(C)c3nc(N)n(OC(C)C)c(=O)c32)cc1. The molecule has 2 heterocycles. The van der Waals surface area contributed by atoms with Crippen molar-refractivity contribution in [3.63, 3.8) is 0 Å². The van der Waals surface area contributed by atoms with E-state index in [9.17, 15) is 9.59 Å². The van der Waals surface area contributed by atoms with E-state index >= 15 is 0 Å². The zero-order chi connectivity index (χ0) is 21.1. The number of hydrogen-bond acceptors (Lipinski definition) is 7. The highest BCUT2D eigenvalue weighted by atomic mass is 16.7. The molecule has 8 nitrogen and oxygen atoms in total. The second-order valence-electron chi connectivity index (χ2n) is 7.62. The largest absolute Gasteiger partial charge is 0.465 e. The van der Waals surface area contributed by atoms with Crippen LogP contribution >= 0.6 is 0 Å². The normalized spacial score (nSPS) is 15.5. The molecule has 1 aromatic heterocycles. The van der Waals surface area contributed by atoms with Crippen molar-refractivity contribution in [1.82, 2.24) is 9.71 Å². The number of methoxy groups -OCH3 is 1. The molecule has 1 atom stereocenters. The zero-order valence-corrected chi connectivity index (χ0v) is 17.3. The molecule has 2 N–H and O–H groups in total. The Labute approximate surface area is 170 Å². The number of nitrogens with zero attached hydrogens (tertiary/aromatic N) is 3. The Hall–Kier alpha value is -3.03. The van der Waals surface area contributed by atoms with Gasteiger partial charge in [0.05, 0.1) is 18.2 Å². The highest BCUT2D eigenvalue weighted by Gasteiger charge is 2.32. The standard InChI is InChI=1S/C21H28N4O4/c1-13(2)29-25-19(26)17-16(12-24(3)18(17)23-21(25)22)7-5-6-14-8-10-15(11-9-14)20(27)28-4/h8-11,13,16H,5-7,12H2,1-4H3,(H2,22,23). The van der Waals surface area contributed by atoms with E-state index < -0.39 is 0 Å². The zero-order valence-electron chi connectivity index (χ0n) is 17.3. The molecule has 8 heteroatoms. The molecule has 1 aliphatic heterocycles. The van der Waals surface area contributed by atoms with E-state index in [1.54, 1.807) is 12.1 Å². The summed E-state index contributed by atoms with van der Waals surface area (Å²) in [5.74, 6) is 0.449. The van der Waals surface area contributed by atoms with Gasteiger partial charge in [-0.25, -0.2) is 4.79 Å². The van der Waals surface area contributed by atoms with Gasteiger partial charge in [0.1, 0.15) is 11.9 Å². The van der Waals surface area contributed by atoms with Gasteiger partial charge in [0.15, 0.2) is 0 Å². The molecule has 0 saturated heterocycles. The van der Waals surface area contributed by atoms with Gasteiger partial charge < -0.3 is 20.2 Å². The van der Waals surface area contributed by atoms with Crippen molar-refractivity contribution in [3.8, 4) is 0 Å². The molecule has 1 unspecified atom stereocenters. The second kappa shape index (κ2) is 8.55. The van der Waals surface area contributed by atoms with Gasteiger partial charge >= 0.3 is 5.97 Å². The van der Waals surface area contributed by atoms with Crippen molar-refractivity contribution in [3.05, 3.63) is 51.3 Å².